The zero-order valence-electron chi connectivity index (χ0n) is 13.3. The average Bonchev–Trinajstić information content (AvgIpc) is 2.38. The molecule has 2 rings (SSSR count). The van der Waals surface area contributed by atoms with Gasteiger partial charge >= 0.3 is 5.97 Å². The summed E-state index contributed by atoms with van der Waals surface area (Å²) in [5.74, 6) is 1.09. The van der Waals surface area contributed by atoms with Crippen molar-refractivity contribution in [1.29, 1.82) is 0 Å². The Labute approximate surface area is 127 Å². The van der Waals surface area contributed by atoms with Gasteiger partial charge in [-0.1, -0.05) is 39.3 Å². The fraction of sp³-hybridized carbons (Fsp3) is 0.588. The third-order valence-electron chi connectivity index (χ3n) is 4.52. The normalized spacial score (nSPS) is 25.2. The van der Waals surface area contributed by atoms with Crippen LogP contribution in [0, 0.1) is 17.8 Å². The predicted octanol–water partition coefficient (Wildman–Crippen LogP) is 4.42. The Hall–Kier alpha value is -1.55. The molecule has 118 valence electrons. The Morgan fingerprint density at radius 2 is 1.95 bits per heavy atom. The fourth-order valence-corrected chi connectivity index (χ4v) is 3.36. The minimum absolute atomic E-state index is 0. The number of aromatic carboxylic acids is 1. The molecule has 0 heterocycles. The van der Waals surface area contributed by atoms with Gasteiger partial charge in [-0.3, -0.25) is 0 Å². The minimum atomic E-state index is -0.863. The molecule has 0 saturated heterocycles. The summed E-state index contributed by atoms with van der Waals surface area (Å²) in [6.45, 7) is 6.81. The van der Waals surface area contributed by atoms with Crippen molar-refractivity contribution in [3.05, 3.63) is 29.8 Å². The Balaban J connectivity index is 0.00000220. The molecule has 1 aliphatic rings. The van der Waals surface area contributed by atoms with Crippen LogP contribution in [0.15, 0.2) is 24.3 Å². The highest BCUT2D eigenvalue weighted by Gasteiger charge is 2.31. The van der Waals surface area contributed by atoms with Gasteiger partial charge in [-0.15, -0.1) is 0 Å². The lowest BCUT2D eigenvalue weighted by Crippen LogP contribution is -2.38. The van der Waals surface area contributed by atoms with Crippen LogP contribution in [-0.2, 0) is 0 Å². The van der Waals surface area contributed by atoms with Crippen molar-refractivity contribution in [3.8, 4) is 0 Å². The summed E-state index contributed by atoms with van der Waals surface area (Å²) in [7, 11) is 0. The Morgan fingerprint density at radius 1 is 1.29 bits per heavy atom. The predicted molar refractivity (Wildman–Crippen MR) is 87.2 cm³/mol. The van der Waals surface area contributed by atoms with Gasteiger partial charge in [-0.05, 0) is 42.7 Å². The molecule has 0 radical (unpaired) electrons. The maximum absolute atomic E-state index is 11.3. The van der Waals surface area contributed by atoms with Crippen LogP contribution in [0.4, 0.5) is 5.69 Å². The highest BCUT2D eigenvalue weighted by molar-refractivity contribution is 5.94. The van der Waals surface area contributed by atoms with Crippen molar-refractivity contribution in [2.75, 3.05) is 5.32 Å². The van der Waals surface area contributed by atoms with E-state index in [2.05, 4.69) is 26.1 Å². The van der Waals surface area contributed by atoms with Crippen LogP contribution in [-0.4, -0.2) is 17.1 Å². The molecule has 1 aliphatic carbocycles. The number of anilines is 1. The van der Waals surface area contributed by atoms with Crippen LogP contribution in [0.1, 0.15) is 50.4 Å². The summed E-state index contributed by atoms with van der Waals surface area (Å²) >= 11 is 0. The van der Waals surface area contributed by atoms with Crippen molar-refractivity contribution in [1.82, 2.24) is 6.15 Å². The van der Waals surface area contributed by atoms with Gasteiger partial charge in [0.1, 0.15) is 0 Å². The maximum Gasteiger partial charge on any atom is 0.337 e. The Kier molecular flexibility index (Phi) is 6.21. The quantitative estimate of drug-likeness (QED) is 0.767. The van der Waals surface area contributed by atoms with Crippen molar-refractivity contribution in [2.45, 2.75) is 46.1 Å². The topological polar surface area (TPSA) is 84.3 Å². The molecule has 0 aliphatic heterocycles. The molecule has 0 amide bonds. The largest absolute Gasteiger partial charge is 0.478 e. The summed E-state index contributed by atoms with van der Waals surface area (Å²) in [6.07, 6.45) is 3.63. The number of rotatable bonds is 4. The maximum atomic E-state index is 11.3. The van der Waals surface area contributed by atoms with E-state index in [-0.39, 0.29) is 6.15 Å². The van der Waals surface area contributed by atoms with Crippen LogP contribution < -0.4 is 11.5 Å². The number of nitrogens with one attached hydrogen (secondary N) is 1. The number of hydrogen-bond donors (Lipinski definition) is 3. The standard InChI is InChI=1S/C17H25NO2.H3N/c1-11(2)13-9-8-12(3)10-16(13)18-15-7-5-4-6-14(15)17(19)20;/h4-7,11-13,16,18H,8-10H2,1-3H3,(H,19,20);1H3. The van der Waals surface area contributed by atoms with Crippen LogP contribution in [0.25, 0.3) is 0 Å². The zero-order chi connectivity index (χ0) is 14.7. The second-order valence-corrected chi connectivity index (χ2v) is 6.43. The van der Waals surface area contributed by atoms with E-state index < -0.39 is 5.97 Å². The molecule has 21 heavy (non-hydrogen) atoms. The third kappa shape index (κ3) is 4.21. The monoisotopic (exact) mass is 292 g/mol. The smallest absolute Gasteiger partial charge is 0.337 e. The van der Waals surface area contributed by atoms with Gasteiger partial charge in [-0.2, -0.15) is 0 Å². The first kappa shape index (κ1) is 17.5. The summed E-state index contributed by atoms with van der Waals surface area (Å²) in [4.78, 5) is 11.3. The molecule has 5 N–H and O–H groups in total. The van der Waals surface area contributed by atoms with Gasteiger partial charge in [-0.25, -0.2) is 4.79 Å². The molecule has 1 fully saturated rings. The summed E-state index contributed by atoms with van der Waals surface area (Å²) < 4.78 is 0. The van der Waals surface area contributed by atoms with E-state index in [1.54, 1.807) is 12.1 Å². The summed E-state index contributed by atoms with van der Waals surface area (Å²) in [5.41, 5.74) is 1.12. The van der Waals surface area contributed by atoms with Gasteiger partial charge in [0.25, 0.3) is 0 Å². The van der Waals surface area contributed by atoms with E-state index in [1.165, 1.54) is 12.8 Å². The molecule has 3 atom stereocenters. The van der Waals surface area contributed by atoms with Gasteiger partial charge in [0.15, 0.2) is 0 Å². The van der Waals surface area contributed by atoms with E-state index in [4.69, 9.17) is 0 Å². The number of hydrogen-bond acceptors (Lipinski definition) is 3. The van der Waals surface area contributed by atoms with E-state index >= 15 is 0 Å². The van der Waals surface area contributed by atoms with Crippen LogP contribution >= 0.6 is 0 Å². The molecule has 4 heteroatoms. The lowest BCUT2D eigenvalue weighted by Gasteiger charge is -2.38. The molecule has 1 aromatic rings. The van der Waals surface area contributed by atoms with Gasteiger partial charge in [0.05, 0.1) is 5.56 Å². The lowest BCUT2D eigenvalue weighted by atomic mass is 9.74. The van der Waals surface area contributed by atoms with E-state index in [9.17, 15) is 9.90 Å². The van der Waals surface area contributed by atoms with Crippen molar-refractivity contribution in [3.63, 3.8) is 0 Å². The SMILES string of the molecule is CC1CCC(C(C)C)C(Nc2ccccc2C(=O)O)C1.N. The molecule has 1 aromatic carbocycles. The van der Waals surface area contributed by atoms with E-state index in [1.807, 2.05) is 12.1 Å². The van der Waals surface area contributed by atoms with Crippen LogP contribution in [0.3, 0.4) is 0 Å². The van der Waals surface area contributed by atoms with Crippen molar-refractivity contribution < 1.29 is 9.90 Å². The minimum Gasteiger partial charge on any atom is -0.478 e. The molecule has 0 spiro atoms. The second-order valence-electron chi connectivity index (χ2n) is 6.43. The first-order valence-electron chi connectivity index (χ1n) is 7.58. The van der Waals surface area contributed by atoms with Crippen molar-refractivity contribution in [2.24, 2.45) is 17.8 Å². The number of carboxylic acid groups (broad SMARTS) is 1. The molecule has 0 aromatic heterocycles. The van der Waals surface area contributed by atoms with E-state index in [0.717, 1.165) is 12.1 Å². The molecule has 3 unspecified atom stereocenters. The molecular formula is C17H28N2O2. The third-order valence-corrected chi connectivity index (χ3v) is 4.52. The lowest BCUT2D eigenvalue weighted by molar-refractivity contribution is 0.0697. The molecule has 4 nitrogen and oxygen atoms in total. The van der Waals surface area contributed by atoms with Crippen molar-refractivity contribution >= 4 is 11.7 Å². The molecule has 0 bridgehead atoms. The second kappa shape index (κ2) is 7.46. The number of benzene rings is 1. The van der Waals surface area contributed by atoms with Gasteiger partial charge in [0.2, 0.25) is 0 Å². The van der Waals surface area contributed by atoms with Crippen LogP contribution in [0.5, 0.6) is 0 Å². The van der Waals surface area contributed by atoms with Gasteiger partial charge in [0, 0.05) is 11.7 Å². The molecular weight excluding hydrogens is 264 g/mol. The van der Waals surface area contributed by atoms with Crippen LogP contribution in [0.2, 0.25) is 0 Å². The summed E-state index contributed by atoms with van der Waals surface area (Å²) in [6, 6.07) is 7.59. The Morgan fingerprint density at radius 3 is 2.57 bits per heavy atom. The number of carbonyl (C=O) groups is 1. The first-order chi connectivity index (χ1) is 9.49. The molecule has 1 saturated carbocycles. The van der Waals surface area contributed by atoms with E-state index in [0.29, 0.717) is 29.4 Å². The average molecular weight is 292 g/mol. The van der Waals surface area contributed by atoms with Gasteiger partial charge < -0.3 is 16.6 Å². The number of para-hydroxylation sites is 1. The first-order valence-corrected chi connectivity index (χ1v) is 7.58. The highest BCUT2D eigenvalue weighted by atomic mass is 16.4. The fourth-order valence-electron chi connectivity index (χ4n) is 3.36. The highest BCUT2D eigenvalue weighted by Crippen LogP contribution is 2.35. The number of carboxylic acids is 1. The Bertz CT molecular complexity index is 474. The zero-order valence-corrected chi connectivity index (χ0v) is 13.3. The summed E-state index contributed by atoms with van der Waals surface area (Å²) in [5, 5.41) is 12.8.